The molecule has 0 saturated heterocycles. The van der Waals surface area contributed by atoms with Crippen LogP contribution in [0, 0.1) is 5.82 Å². The third-order valence-electron chi connectivity index (χ3n) is 3.58. The SMILES string of the molecule is CC(NC(=O)O)c1nc2c(F)ccc(Cl)c2c(=O)n1-c1cccnc1. The summed E-state index contributed by atoms with van der Waals surface area (Å²) in [7, 11) is 0. The molecule has 0 aliphatic carbocycles. The summed E-state index contributed by atoms with van der Waals surface area (Å²) in [5.74, 6) is -0.701. The molecule has 3 aromatic rings. The highest BCUT2D eigenvalue weighted by atomic mass is 35.5. The number of nitrogens with zero attached hydrogens (tertiary/aromatic N) is 3. The number of benzene rings is 1. The van der Waals surface area contributed by atoms with Gasteiger partial charge in [-0.25, -0.2) is 14.2 Å². The molecule has 1 unspecified atom stereocenters. The molecule has 0 bridgehead atoms. The fourth-order valence-electron chi connectivity index (χ4n) is 2.51. The van der Waals surface area contributed by atoms with Gasteiger partial charge >= 0.3 is 6.09 Å². The van der Waals surface area contributed by atoms with E-state index < -0.39 is 23.5 Å². The van der Waals surface area contributed by atoms with Gasteiger partial charge in [0.2, 0.25) is 0 Å². The van der Waals surface area contributed by atoms with Crippen molar-refractivity contribution in [3.63, 3.8) is 0 Å². The minimum absolute atomic E-state index is 0.0223. The Kier molecular flexibility index (Phi) is 4.37. The summed E-state index contributed by atoms with van der Waals surface area (Å²) >= 11 is 6.06. The maximum atomic E-state index is 14.2. The van der Waals surface area contributed by atoms with Crippen LogP contribution in [0.15, 0.2) is 41.5 Å². The Morgan fingerprint density at radius 2 is 2.16 bits per heavy atom. The van der Waals surface area contributed by atoms with Crippen molar-refractivity contribution >= 4 is 28.6 Å². The average molecular weight is 363 g/mol. The van der Waals surface area contributed by atoms with Crippen LogP contribution in [0.3, 0.4) is 0 Å². The largest absolute Gasteiger partial charge is 0.465 e. The number of fused-ring (bicyclic) bond motifs is 1. The first-order valence-corrected chi connectivity index (χ1v) is 7.58. The topological polar surface area (TPSA) is 97.1 Å². The van der Waals surface area contributed by atoms with Crippen LogP contribution >= 0.6 is 11.6 Å². The molecule has 0 spiro atoms. The lowest BCUT2D eigenvalue weighted by Gasteiger charge is -2.18. The van der Waals surface area contributed by atoms with Crippen LogP contribution in [-0.4, -0.2) is 25.7 Å². The summed E-state index contributed by atoms with van der Waals surface area (Å²) in [4.78, 5) is 32.1. The van der Waals surface area contributed by atoms with Crippen molar-refractivity contribution in [2.75, 3.05) is 0 Å². The molecule has 25 heavy (non-hydrogen) atoms. The highest BCUT2D eigenvalue weighted by Crippen LogP contribution is 2.24. The first-order chi connectivity index (χ1) is 11.9. The molecule has 2 heterocycles. The number of amides is 1. The smallest absolute Gasteiger partial charge is 0.405 e. The van der Waals surface area contributed by atoms with Gasteiger partial charge in [-0.2, -0.15) is 0 Å². The molecule has 1 aromatic carbocycles. The zero-order valence-electron chi connectivity index (χ0n) is 12.9. The molecule has 0 fully saturated rings. The second-order valence-electron chi connectivity index (χ2n) is 5.25. The summed E-state index contributed by atoms with van der Waals surface area (Å²) in [6.45, 7) is 1.50. The normalized spacial score (nSPS) is 12.1. The van der Waals surface area contributed by atoms with E-state index in [1.165, 1.54) is 30.0 Å². The van der Waals surface area contributed by atoms with Gasteiger partial charge in [0, 0.05) is 6.20 Å². The first-order valence-electron chi connectivity index (χ1n) is 7.20. The van der Waals surface area contributed by atoms with Gasteiger partial charge in [0.15, 0.2) is 0 Å². The van der Waals surface area contributed by atoms with Crippen molar-refractivity contribution in [3.8, 4) is 5.69 Å². The number of carboxylic acid groups (broad SMARTS) is 1. The molecular weight excluding hydrogens is 351 g/mol. The van der Waals surface area contributed by atoms with E-state index in [2.05, 4.69) is 15.3 Å². The third-order valence-corrected chi connectivity index (χ3v) is 3.90. The minimum Gasteiger partial charge on any atom is -0.465 e. The number of pyridine rings is 1. The molecule has 2 N–H and O–H groups in total. The zero-order chi connectivity index (χ0) is 18.1. The van der Waals surface area contributed by atoms with E-state index in [9.17, 15) is 14.0 Å². The highest BCUT2D eigenvalue weighted by molar-refractivity contribution is 6.35. The number of carbonyl (C=O) groups is 1. The molecular formula is C16H12ClFN4O3. The lowest BCUT2D eigenvalue weighted by atomic mass is 10.2. The van der Waals surface area contributed by atoms with Crippen molar-refractivity contribution < 1.29 is 14.3 Å². The van der Waals surface area contributed by atoms with E-state index in [1.807, 2.05) is 0 Å². The van der Waals surface area contributed by atoms with Crippen molar-refractivity contribution in [1.82, 2.24) is 19.9 Å². The number of aromatic nitrogens is 3. The molecule has 0 radical (unpaired) electrons. The number of hydrogen-bond donors (Lipinski definition) is 2. The van der Waals surface area contributed by atoms with Crippen LogP contribution in [0.1, 0.15) is 18.8 Å². The second-order valence-corrected chi connectivity index (χ2v) is 5.65. The Hall–Kier alpha value is -3.00. The maximum absolute atomic E-state index is 14.2. The lowest BCUT2D eigenvalue weighted by molar-refractivity contribution is 0.190. The molecule has 9 heteroatoms. The number of nitrogens with one attached hydrogen (secondary N) is 1. The average Bonchev–Trinajstić information content (AvgIpc) is 2.57. The van der Waals surface area contributed by atoms with Gasteiger partial charge in [-0.3, -0.25) is 14.3 Å². The van der Waals surface area contributed by atoms with E-state index in [4.69, 9.17) is 16.7 Å². The van der Waals surface area contributed by atoms with Crippen molar-refractivity contribution in [2.24, 2.45) is 0 Å². The van der Waals surface area contributed by atoms with Gasteiger partial charge in [0.05, 0.1) is 28.3 Å². The van der Waals surface area contributed by atoms with Crippen LogP contribution in [0.5, 0.6) is 0 Å². The summed E-state index contributed by atoms with van der Waals surface area (Å²) < 4.78 is 15.3. The van der Waals surface area contributed by atoms with E-state index >= 15 is 0 Å². The van der Waals surface area contributed by atoms with Crippen molar-refractivity contribution in [2.45, 2.75) is 13.0 Å². The van der Waals surface area contributed by atoms with Gasteiger partial charge in [0.1, 0.15) is 17.2 Å². The Morgan fingerprint density at radius 1 is 1.40 bits per heavy atom. The molecule has 1 atom stereocenters. The number of halogens is 2. The van der Waals surface area contributed by atoms with Gasteiger partial charge in [-0.1, -0.05) is 11.6 Å². The van der Waals surface area contributed by atoms with E-state index in [0.29, 0.717) is 5.69 Å². The summed E-state index contributed by atoms with van der Waals surface area (Å²) in [6, 6.07) is 4.71. The van der Waals surface area contributed by atoms with Crippen molar-refractivity contribution in [3.05, 3.63) is 63.7 Å². The predicted molar refractivity (Wildman–Crippen MR) is 89.7 cm³/mol. The molecule has 0 aliphatic rings. The Balaban J connectivity index is 2.41. The van der Waals surface area contributed by atoms with Crippen LogP contribution < -0.4 is 10.9 Å². The number of hydrogen-bond acceptors (Lipinski definition) is 4. The van der Waals surface area contributed by atoms with Crippen LogP contribution in [0.2, 0.25) is 5.02 Å². The summed E-state index contributed by atoms with van der Waals surface area (Å²) in [6.07, 6.45) is 1.64. The fourth-order valence-corrected chi connectivity index (χ4v) is 2.74. The second kappa shape index (κ2) is 6.48. The van der Waals surface area contributed by atoms with E-state index in [1.54, 1.807) is 12.1 Å². The zero-order valence-corrected chi connectivity index (χ0v) is 13.7. The van der Waals surface area contributed by atoms with E-state index in [-0.39, 0.29) is 21.7 Å². The number of rotatable bonds is 3. The molecule has 3 rings (SSSR count). The first kappa shape index (κ1) is 16.8. The summed E-state index contributed by atoms with van der Waals surface area (Å²) in [5, 5.41) is 11.1. The quantitative estimate of drug-likeness (QED) is 0.746. The monoisotopic (exact) mass is 362 g/mol. The Morgan fingerprint density at radius 3 is 2.80 bits per heavy atom. The summed E-state index contributed by atoms with van der Waals surface area (Å²) in [5.41, 5.74) is -0.473. The Labute approximate surface area is 145 Å². The van der Waals surface area contributed by atoms with Crippen LogP contribution in [0.4, 0.5) is 9.18 Å². The lowest BCUT2D eigenvalue weighted by Crippen LogP contribution is -2.32. The van der Waals surface area contributed by atoms with Crippen LogP contribution in [0.25, 0.3) is 16.6 Å². The molecule has 7 nitrogen and oxygen atoms in total. The Bertz CT molecular complexity index is 1020. The highest BCUT2D eigenvalue weighted by Gasteiger charge is 2.22. The van der Waals surface area contributed by atoms with Crippen molar-refractivity contribution in [1.29, 1.82) is 0 Å². The fraction of sp³-hybridized carbons (Fsp3) is 0.125. The van der Waals surface area contributed by atoms with Gasteiger partial charge in [0.25, 0.3) is 5.56 Å². The van der Waals surface area contributed by atoms with Gasteiger partial charge < -0.3 is 10.4 Å². The molecule has 1 amide bonds. The van der Waals surface area contributed by atoms with Crippen LogP contribution in [-0.2, 0) is 0 Å². The third kappa shape index (κ3) is 3.03. The maximum Gasteiger partial charge on any atom is 0.405 e. The molecule has 128 valence electrons. The standard InChI is InChI=1S/C16H12ClFN4O3/c1-8(20-16(24)25)14-21-13-11(18)5-4-10(17)12(13)15(23)22(14)9-3-2-6-19-7-9/h2-8,20H,1H3,(H,24,25). The molecule has 0 saturated carbocycles. The molecule has 0 aliphatic heterocycles. The van der Waals surface area contributed by atoms with Gasteiger partial charge in [-0.15, -0.1) is 0 Å². The van der Waals surface area contributed by atoms with Gasteiger partial charge in [-0.05, 0) is 31.2 Å². The molecule has 2 aromatic heterocycles. The van der Waals surface area contributed by atoms with E-state index in [0.717, 1.165) is 6.07 Å². The predicted octanol–water partition coefficient (Wildman–Crippen LogP) is 2.90. The minimum atomic E-state index is -1.30.